The largest absolute Gasteiger partial charge is 0.355 e. The molecule has 4 rings (SSSR count). The van der Waals surface area contributed by atoms with E-state index >= 15 is 0 Å². The fourth-order valence-electron chi connectivity index (χ4n) is 5.00. The lowest BCUT2D eigenvalue weighted by Gasteiger charge is -2.39. The average molecular weight is 436 g/mol. The maximum absolute atomic E-state index is 12.5. The van der Waals surface area contributed by atoms with E-state index in [1.54, 1.807) is 0 Å². The summed E-state index contributed by atoms with van der Waals surface area (Å²) in [4.78, 5) is 24.3. The molecule has 1 atom stereocenters. The van der Waals surface area contributed by atoms with E-state index in [1.807, 2.05) is 12.3 Å². The summed E-state index contributed by atoms with van der Waals surface area (Å²) in [7, 11) is 0. The molecule has 32 heavy (non-hydrogen) atoms. The highest BCUT2D eigenvalue weighted by molar-refractivity contribution is 5.78. The van der Waals surface area contributed by atoms with Gasteiger partial charge in [0, 0.05) is 52.0 Å². The second-order valence-electron chi connectivity index (χ2n) is 9.25. The van der Waals surface area contributed by atoms with Gasteiger partial charge >= 0.3 is 0 Å². The number of aryl methyl sites for hydroxylation is 1. The number of carbonyl (C=O) groups excluding carboxylic acids is 1. The standard InChI is InChI=1S/C26H37N5O/c1-22-7-2-3-9-24(22)11-13-28-26(32)21-30-14-6-8-23(20-30)19-29-15-17-31(18-16-29)25-10-4-5-12-27-25/h2-5,7,9-10,12,23H,6,8,11,13-21H2,1H3,(H,28,32). The number of benzene rings is 1. The van der Waals surface area contributed by atoms with Gasteiger partial charge in [0.05, 0.1) is 6.54 Å². The number of pyridine rings is 1. The highest BCUT2D eigenvalue weighted by Crippen LogP contribution is 2.19. The molecule has 1 amide bonds. The summed E-state index contributed by atoms with van der Waals surface area (Å²) < 4.78 is 0. The van der Waals surface area contributed by atoms with E-state index < -0.39 is 0 Å². The normalized spacial score (nSPS) is 20.3. The molecule has 1 N–H and O–H groups in total. The Hall–Kier alpha value is -2.44. The quantitative estimate of drug-likeness (QED) is 0.691. The summed E-state index contributed by atoms with van der Waals surface area (Å²) in [5.41, 5.74) is 2.61. The molecule has 2 fully saturated rings. The number of hydrogen-bond donors (Lipinski definition) is 1. The first-order valence-electron chi connectivity index (χ1n) is 12.1. The third kappa shape index (κ3) is 6.53. The first kappa shape index (κ1) is 22.7. The van der Waals surface area contributed by atoms with E-state index in [2.05, 4.69) is 68.3 Å². The van der Waals surface area contributed by atoms with Crippen LogP contribution in [0.1, 0.15) is 24.0 Å². The summed E-state index contributed by atoms with van der Waals surface area (Å²) in [6.07, 6.45) is 5.23. The molecule has 0 spiro atoms. The van der Waals surface area contributed by atoms with Crippen molar-refractivity contribution in [2.75, 3.05) is 63.8 Å². The molecule has 1 aromatic carbocycles. The second-order valence-corrected chi connectivity index (χ2v) is 9.25. The van der Waals surface area contributed by atoms with Crippen molar-refractivity contribution < 1.29 is 4.79 Å². The van der Waals surface area contributed by atoms with Crippen LogP contribution in [0.15, 0.2) is 48.7 Å². The topological polar surface area (TPSA) is 51.7 Å². The predicted octanol–water partition coefficient (Wildman–Crippen LogP) is 2.58. The number of aromatic nitrogens is 1. The SMILES string of the molecule is Cc1ccccc1CCNC(=O)CN1CCCC(CN2CCN(c3ccccn3)CC2)C1. The lowest BCUT2D eigenvalue weighted by atomic mass is 9.97. The molecule has 1 unspecified atom stereocenters. The lowest BCUT2D eigenvalue weighted by Crippen LogP contribution is -2.50. The average Bonchev–Trinajstić information content (AvgIpc) is 2.82. The van der Waals surface area contributed by atoms with E-state index in [0.717, 1.165) is 58.1 Å². The number of nitrogens with zero attached hydrogens (tertiary/aromatic N) is 4. The second kappa shape index (κ2) is 11.4. The number of hydrogen-bond acceptors (Lipinski definition) is 5. The van der Waals surface area contributed by atoms with Gasteiger partial charge in [-0.25, -0.2) is 4.98 Å². The van der Waals surface area contributed by atoms with Crippen molar-refractivity contribution in [3.63, 3.8) is 0 Å². The molecule has 0 radical (unpaired) electrons. The molecular formula is C26H37N5O. The first-order valence-corrected chi connectivity index (χ1v) is 12.1. The molecule has 0 aliphatic carbocycles. The Labute approximate surface area is 192 Å². The molecule has 172 valence electrons. The van der Waals surface area contributed by atoms with Crippen LogP contribution in [0.2, 0.25) is 0 Å². The smallest absolute Gasteiger partial charge is 0.234 e. The maximum Gasteiger partial charge on any atom is 0.234 e. The molecule has 1 aromatic heterocycles. The van der Waals surface area contributed by atoms with Gasteiger partial charge in [-0.15, -0.1) is 0 Å². The predicted molar refractivity (Wildman–Crippen MR) is 130 cm³/mol. The third-order valence-corrected chi connectivity index (χ3v) is 6.81. The Kier molecular flexibility index (Phi) is 8.13. The van der Waals surface area contributed by atoms with Gasteiger partial charge < -0.3 is 10.2 Å². The summed E-state index contributed by atoms with van der Waals surface area (Å²) in [6.45, 7) is 10.8. The molecule has 2 aromatic rings. The molecule has 6 heteroatoms. The Bertz CT molecular complexity index is 850. The Morgan fingerprint density at radius 1 is 1.03 bits per heavy atom. The van der Waals surface area contributed by atoms with Crippen LogP contribution >= 0.6 is 0 Å². The van der Waals surface area contributed by atoms with E-state index in [-0.39, 0.29) is 5.91 Å². The Morgan fingerprint density at radius 3 is 2.62 bits per heavy atom. The van der Waals surface area contributed by atoms with Crippen molar-refractivity contribution in [1.82, 2.24) is 20.1 Å². The summed E-state index contributed by atoms with van der Waals surface area (Å²) >= 11 is 0. The molecule has 0 saturated carbocycles. The van der Waals surface area contributed by atoms with Crippen molar-refractivity contribution in [2.24, 2.45) is 5.92 Å². The van der Waals surface area contributed by atoms with E-state index in [9.17, 15) is 4.79 Å². The van der Waals surface area contributed by atoms with Crippen molar-refractivity contribution in [1.29, 1.82) is 0 Å². The van der Waals surface area contributed by atoms with Gasteiger partial charge in [0.2, 0.25) is 5.91 Å². The fourth-order valence-corrected chi connectivity index (χ4v) is 5.00. The fraction of sp³-hybridized carbons (Fsp3) is 0.538. The van der Waals surface area contributed by atoms with E-state index in [4.69, 9.17) is 0 Å². The summed E-state index contributed by atoms with van der Waals surface area (Å²) in [6, 6.07) is 14.5. The maximum atomic E-state index is 12.5. The monoisotopic (exact) mass is 435 g/mol. The number of piperidine rings is 1. The third-order valence-electron chi connectivity index (χ3n) is 6.81. The minimum Gasteiger partial charge on any atom is -0.355 e. The van der Waals surface area contributed by atoms with Crippen molar-refractivity contribution in [3.05, 3.63) is 59.8 Å². The van der Waals surface area contributed by atoms with Crippen LogP contribution < -0.4 is 10.2 Å². The number of carbonyl (C=O) groups is 1. The van der Waals surface area contributed by atoms with Crippen LogP contribution in [0.25, 0.3) is 0 Å². The van der Waals surface area contributed by atoms with Crippen LogP contribution in [0.3, 0.4) is 0 Å². The highest BCUT2D eigenvalue weighted by Gasteiger charge is 2.25. The zero-order valence-electron chi connectivity index (χ0n) is 19.4. The molecule has 0 bridgehead atoms. The van der Waals surface area contributed by atoms with Crippen LogP contribution in [-0.4, -0.2) is 79.6 Å². The first-order chi connectivity index (χ1) is 15.7. The van der Waals surface area contributed by atoms with Gasteiger partial charge in [-0.2, -0.15) is 0 Å². The number of anilines is 1. The lowest BCUT2D eigenvalue weighted by molar-refractivity contribution is -0.122. The molecule has 2 saturated heterocycles. The van der Waals surface area contributed by atoms with Crippen LogP contribution in [0.5, 0.6) is 0 Å². The van der Waals surface area contributed by atoms with Crippen LogP contribution in [-0.2, 0) is 11.2 Å². The summed E-state index contributed by atoms with van der Waals surface area (Å²) in [5, 5.41) is 3.12. The molecular weight excluding hydrogens is 398 g/mol. The molecule has 6 nitrogen and oxygen atoms in total. The number of nitrogens with one attached hydrogen (secondary N) is 1. The van der Waals surface area contributed by atoms with Crippen molar-refractivity contribution in [2.45, 2.75) is 26.2 Å². The van der Waals surface area contributed by atoms with Crippen molar-refractivity contribution >= 4 is 11.7 Å². The highest BCUT2D eigenvalue weighted by atomic mass is 16.2. The Morgan fingerprint density at radius 2 is 1.84 bits per heavy atom. The van der Waals surface area contributed by atoms with Gasteiger partial charge in [0.15, 0.2) is 0 Å². The minimum absolute atomic E-state index is 0.156. The zero-order chi connectivity index (χ0) is 22.2. The molecule has 2 aliphatic rings. The molecule has 2 aliphatic heterocycles. The van der Waals surface area contributed by atoms with E-state index in [1.165, 1.54) is 24.0 Å². The van der Waals surface area contributed by atoms with Gasteiger partial charge in [-0.05, 0) is 61.9 Å². The van der Waals surface area contributed by atoms with Gasteiger partial charge in [-0.3, -0.25) is 14.6 Å². The van der Waals surface area contributed by atoms with Crippen molar-refractivity contribution in [3.8, 4) is 0 Å². The van der Waals surface area contributed by atoms with Crippen LogP contribution in [0, 0.1) is 12.8 Å². The molecule has 3 heterocycles. The Balaban J connectivity index is 1.15. The van der Waals surface area contributed by atoms with Gasteiger partial charge in [-0.1, -0.05) is 30.3 Å². The number of amides is 1. The zero-order valence-corrected chi connectivity index (χ0v) is 19.4. The number of likely N-dealkylation sites (tertiary alicyclic amines) is 1. The van der Waals surface area contributed by atoms with Crippen LogP contribution in [0.4, 0.5) is 5.82 Å². The minimum atomic E-state index is 0.156. The van der Waals surface area contributed by atoms with E-state index in [0.29, 0.717) is 19.0 Å². The van der Waals surface area contributed by atoms with Gasteiger partial charge in [0.25, 0.3) is 0 Å². The number of rotatable bonds is 8. The van der Waals surface area contributed by atoms with Gasteiger partial charge in [0.1, 0.15) is 5.82 Å². The summed E-state index contributed by atoms with van der Waals surface area (Å²) in [5.74, 6) is 1.90. The number of piperazine rings is 1.